The van der Waals surface area contributed by atoms with Crippen LogP contribution in [0.2, 0.25) is 0 Å². The number of aryl methyl sites for hydroxylation is 1. The highest BCUT2D eigenvalue weighted by Gasteiger charge is 2.22. The van der Waals surface area contributed by atoms with Crippen molar-refractivity contribution in [2.75, 3.05) is 5.32 Å². The molecule has 3 heterocycles. The van der Waals surface area contributed by atoms with E-state index in [2.05, 4.69) is 42.1 Å². The number of aromatic amines is 2. The number of nitrogens with one attached hydrogen (secondary N) is 3. The zero-order valence-electron chi connectivity index (χ0n) is 15.7. The lowest BCUT2D eigenvalue weighted by molar-refractivity contribution is 0.102. The molecular formula is C21H23N3O2S. The maximum atomic E-state index is 12.9. The second-order valence-electron chi connectivity index (χ2n) is 7.82. The molecule has 0 spiro atoms. The topological polar surface area (TPSA) is 77.8 Å². The van der Waals surface area contributed by atoms with Gasteiger partial charge in [0, 0.05) is 25.0 Å². The van der Waals surface area contributed by atoms with E-state index in [9.17, 15) is 9.59 Å². The summed E-state index contributed by atoms with van der Waals surface area (Å²) in [5, 5.41) is 5.96. The highest BCUT2D eigenvalue weighted by molar-refractivity contribution is 7.17. The van der Waals surface area contributed by atoms with Crippen LogP contribution in [0.25, 0.3) is 21.1 Å². The Morgan fingerprint density at radius 3 is 2.74 bits per heavy atom. The van der Waals surface area contributed by atoms with Crippen LogP contribution in [0.4, 0.5) is 5.69 Å². The number of pyridine rings is 1. The van der Waals surface area contributed by atoms with E-state index < -0.39 is 5.91 Å². The zero-order chi connectivity index (χ0) is 19.3. The molecule has 0 aliphatic rings. The Hall–Kier alpha value is -2.86. The normalized spacial score (nSPS) is 12.0. The first-order valence-corrected chi connectivity index (χ1v) is 9.66. The van der Waals surface area contributed by atoms with Crippen molar-refractivity contribution in [2.45, 2.75) is 33.1 Å². The van der Waals surface area contributed by atoms with Gasteiger partial charge < -0.3 is 15.3 Å². The molecule has 0 unspecified atom stereocenters. The Labute approximate surface area is 161 Å². The predicted molar refractivity (Wildman–Crippen MR) is 114 cm³/mol. The van der Waals surface area contributed by atoms with Crippen LogP contribution in [0.3, 0.4) is 0 Å². The molecule has 27 heavy (non-hydrogen) atoms. The summed E-state index contributed by atoms with van der Waals surface area (Å²) in [6.45, 7) is 8.24. The number of carbonyl (C=O) groups is 1. The van der Waals surface area contributed by atoms with Crippen LogP contribution in [0.5, 0.6) is 0 Å². The third-order valence-corrected chi connectivity index (χ3v) is 5.88. The molecule has 0 aliphatic carbocycles. The maximum Gasteiger partial charge on any atom is 0.261 e. The number of hydrogen-bond donors (Lipinski definition) is 3. The van der Waals surface area contributed by atoms with Gasteiger partial charge in [-0.2, -0.15) is 0 Å². The van der Waals surface area contributed by atoms with Gasteiger partial charge in [-0.3, -0.25) is 9.59 Å². The minimum Gasteiger partial charge on any atom is -0.361 e. The Morgan fingerprint density at radius 1 is 1.22 bits per heavy atom. The number of amides is 1. The van der Waals surface area contributed by atoms with Gasteiger partial charge in [0.2, 0.25) is 5.43 Å². The Bertz CT molecular complexity index is 1240. The van der Waals surface area contributed by atoms with E-state index in [1.807, 2.05) is 30.6 Å². The molecule has 5 nitrogen and oxygen atoms in total. The molecule has 0 fully saturated rings. The van der Waals surface area contributed by atoms with Gasteiger partial charge in [-0.15, -0.1) is 11.3 Å². The second-order valence-corrected chi connectivity index (χ2v) is 8.70. The molecule has 4 aromatic rings. The third-order valence-electron chi connectivity index (χ3n) is 4.78. The van der Waals surface area contributed by atoms with Crippen molar-refractivity contribution in [2.24, 2.45) is 0 Å². The summed E-state index contributed by atoms with van der Waals surface area (Å²) in [6, 6.07) is 6.02. The first kappa shape index (κ1) is 17.5. The first-order valence-electron chi connectivity index (χ1n) is 8.78. The third kappa shape index (κ3) is 2.96. The Kier molecular flexibility index (Phi) is 3.96. The van der Waals surface area contributed by atoms with Gasteiger partial charge in [-0.25, -0.2) is 0 Å². The number of carbonyl (C=O) groups excluding carboxylic acids is 1. The minimum absolute atomic E-state index is 0. The lowest BCUT2D eigenvalue weighted by Crippen LogP contribution is -2.23. The van der Waals surface area contributed by atoms with E-state index in [1.54, 1.807) is 0 Å². The molecule has 3 N–H and O–H groups in total. The molecule has 0 bridgehead atoms. The molecule has 0 saturated heterocycles. The summed E-state index contributed by atoms with van der Waals surface area (Å²) >= 11 is 1.36. The largest absolute Gasteiger partial charge is 0.361 e. The van der Waals surface area contributed by atoms with Crippen LogP contribution in [0.1, 0.15) is 43.7 Å². The van der Waals surface area contributed by atoms with E-state index in [1.165, 1.54) is 17.5 Å². The molecule has 0 aliphatic heterocycles. The van der Waals surface area contributed by atoms with Crippen LogP contribution < -0.4 is 10.7 Å². The van der Waals surface area contributed by atoms with Gasteiger partial charge in [-0.1, -0.05) is 20.8 Å². The van der Waals surface area contributed by atoms with Crippen LogP contribution in [0.15, 0.2) is 40.8 Å². The van der Waals surface area contributed by atoms with Gasteiger partial charge in [0.05, 0.1) is 10.2 Å². The fourth-order valence-electron chi connectivity index (χ4n) is 3.31. The molecule has 0 saturated carbocycles. The molecule has 6 heteroatoms. The fourth-order valence-corrected chi connectivity index (χ4v) is 4.27. The molecular weight excluding hydrogens is 358 g/mol. The van der Waals surface area contributed by atoms with Crippen molar-refractivity contribution in [3.8, 4) is 0 Å². The van der Waals surface area contributed by atoms with E-state index in [4.69, 9.17) is 0 Å². The fraction of sp³-hybridized carbons (Fsp3) is 0.238. The average Bonchev–Trinajstić information content (AvgIpc) is 3.20. The van der Waals surface area contributed by atoms with Crippen molar-refractivity contribution < 1.29 is 6.22 Å². The molecule has 1 amide bonds. The summed E-state index contributed by atoms with van der Waals surface area (Å²) in [6.07, 6.45) is 3.38. The van der Waals surface area contributed by atoms with Gasteiger partial charge in [0.25, 0.3) is 5.91 Å². The summed E-state index contributed by atoms with van der Waals surface area (Å²) < 4.78 is 0.580. The molecule has 0 atom stereocenters. The van der Waals surface area contributed by atoms with Gasteiger partial charge in [-0.05, 0) is 52.4 Å². The number of H-pyrrole nitrogens is 2. The van der Waals surface area contributed by atoms with Crippen LogP contribution >= 0.6 is 11.3 Å². The van der Waals surface area contributed by atoms with Crippen LogP contribution in [-0.4, -0.2) is 15.9 Å². The molecule has 140 valence electrons. The van der Waals surface area contributed by atoms with E-state index in [0.29, 0.717) is 10.4 Å². The lowest BCUT2D eigenvalue weighted by Gasteiger charge is -2.23. The highest BCUT2D eigenvalue weighted by atomic mass is 32.1. The quantitative estimate of drug-likeness (QED) is 0.448. The Balaban J connectivity index is 0.00000225. The number of rotatable bonds is 2. The van der Waals surface area contributed by atoms with E-state index in [-0.39, 0.29) is 17.8 Å². The summed E-state index contributed by atoms with van der Waals surface area (Å²) in [5.74, 6) is -0.402. The number of aromatic nitrogens is 2. The number of hydrogen-bond acceptors (Lipinski definition) is 3. The van der Waals surface area contributed by atoms with Crippen molar-refractivity contribution in [3.63, 3.8) is 0 Å². The second kappa shape index (κ2) is 6.09. The monoisotopic (exact) mass is 381 g/mol. The summed E-state index contributed by atoms with van der Waals surface area (Å²) in [5.41, 5.74) is 4.20. The maximum absolute atomic E-state index is 12.9. The van der Waals surface area contributed by atoms with Gasteiger partial charge >= 0.3 is 0 Å². The standard InChI is InChI=1S/C21H21N3O2S.H2/c1-11-10-27-19-17(11)23-9-13(18(19)25)20(26)24-16-8-15-12(5-6-22-15)7-14(16)21(2,3)4;/h5-10,22H,1-4H3,(H,23,25)(H,24,26);1H. The summed E-state index contributed by atoms with van der Waals surface area (Å²) in [7, 11) is 0. The van der Waals surface area contributed by atoms with Crippen molar-refractivity contribution in [1.82, 2.24) is 9.97 Å². The number of benzene rings is 1. The number of fused-ring (bicyclic) bond motifs is 2. The van der Waals surface area contributed by atoms with Crippen LogP contribution in [0, 0.1) is 6.92 Å². The van der Waals surface area contributed by atoms with Crippen molar-refractivity contribution in [3.05, 3.63) is 62.9 Å². The Morgan fingerprint density at radius 2 is 2.00 bits per heavy atom. The number of anilines is 1. The highest BCUT2D eigenvalue weighted by Crippen LogP contribution is 2.33. The van der Waals surface area contributed by atoms with E-state index in [0.717, 1.165) is 27.5 Å². The minimum atomic E-state index is -0.402. The molecule has 3 aromatic heterocycles. The average molecular weight is 382 g/mol. The SMILES string of the molecule is Cc1csc2c(=O)c(C(=O)Nc3cc4[nH]ccc4cc3C(C)(C)C)c[nH]c12.[HH]. The molecule has 4 rings (SSSR count). The lowest BCUT2D eigenvalue weighted by atomic mass is 9.85. The van der Waals surface area contributed by atoms with Crippen LogP contribution in [-0.2, 0) is 5.41 Å². The van der Waals surface area contributed by atoms with Gasteiger partial charge in [0.15, 0.2) is 0 Å². The summed E-state index contributed by atoms with van der Waals surface area (Å²) in [4.78, 5) is 31.9. The zero-order valence-corrected chi connectivity index (χ0v) is 16.5. The predicted octanol–water partition coefficient (Wildman–Crippen LogP) is 5.18. The smallest absolute Gasteiger partial charge is 0.261 e. The first-order chi connectivity index (χ1) is 12.8. The van der Waals surface area contributed by atoms with E-state index >= 15 is 0 Å². The molecule has 0 radical (unpaired) electrons. The van der Waals surface area contributed by atoms with Crippen molar-refractivity contribution in [1.29, 1.82) is 0 Å². The van der Waals surface area contributed by atoms with Crippen molar-refractivity contribution >= 4 is 44.1 Å². The number of thiophene rings is 1. The van der Waals surface area contributed by atoms with Gasteiger partial charge in [0.1, 0.15) is 5.56 Å². The molecule has 1 aromatic carbocycles.